The van der Waals surface area contributed by atoms with Gasteiger partial charge in [0.1, 0.15) is 0 Å². The lowest BCUT2D eigenvalue weighted by molar-refractivity contribution is -0.193. The number of likely N-dealkylation sites (tertiary alicyclic amines) is 1. The van der Waals surface area contributed by atoms with E-state index in [9.17, 15) is 31.1 Å². The molecule has 0 radical (unpaired) electrons. The van der Waals surface area contributed by atoms with Gasteiger partial charge in [-0.25, -0.2) is 9.59 Å². The van der Waals surface area contributed by atoms with Crippen LogP contribution in [-0.4, -0.2) is 69.9 Å². The number of rotatable bonds is 6. The highest BCUT2D eigenvalue weighted by Crippen LogP contribution is 2.52. The van der Waals surface area contributed by atoms with Crippen molar-refractivity contribution in [1.82, 2.24) is 15.2 Å². The zero-order valence-electron chi connectivity index (χ0n) is 23.1. The molecule has 0 bridgehead atoms. The van der Waals surface area contributed by atoms with Crippen molar-refractivity contribution >= 4 is 17.8 Å². The highest BCUT2D eigenvalue weighted by atomic mass is 19.4. The summed E-state index contributed by atoms with van der Waals surface area (Å²) in [6.45, 7) is 4.02. The maximum Gasteiger partial charge on any atom is 0.490 e. The summed E-state index contributed by atoms with van der Waals surface area (Å²) in [7, 11) is 0. The molecule has 2 heterocycles. The monoisotopic (exact) mass is 617 g/mol. The summed E-state index contributed by atoms with van der Waals surface area (Å²) >= 11 is 0. The fourth-order valence-electron chi connectivity index (χ4n) is 5.42. The van der Waals surface area contributed by atoms with Crippen molar-refractivity contribution in [2.45, 2.75) is 68.8 Å². The van der Waals surface area contributed by atoms with E-state index in [-0.39, 0.29) is 11.3 Å². The maximum atomic E-state index is 12.5. The lowest BCUT2D eigenvalue weighted by atomic mass is 9.73. The van der Waals surface area contributed by atoms with Gasteiger partial charge >= 0.3 is 24.3 Å². The fourth-order valence-corrected chi connectivity index (χ4v) is 5.42. The summed E-state index contributed by atoms with van der Waals surface area (Å²) in [5.41, 5.74) is 4.34. The minimum Gasteiger partial charge on any atom is -0.475 e. The van der Waals surface area contributed by atoms with Gasteiger partial charge in [-0.2, -0.15) is 26.3 Å². The highest BCUT2D eigenvalue weighted by Gasteiger charge is 2.45. The maximum absolute atomic E-state index is 12.5. The summed E-state index contributed by atoms with van der Waals surface area (Å²) in [5, 5.41) is 17.4. The number of carboxylic acid groups (broad SMARTS) is 2. The number of pyridine rings is 1. The number of carbonyl (C=O) groups excluding carboxylic acids is 1. The van der Waals surface area contributed by atoms with Crippen molar-refractivity contribution in [2.75, 3.05) is 19.6 Å². The number of alkyl halides is 6. The second kappa shape index (κ2) is 14.2. The Bertz CT molecular complexity index is 1220. The van der Waals surface area contributed by atoms with Crippen LogP contribution in [0.1, 0.15) is 61.3 Å². The number of halogens is 6. The summed E-state index contributed by atoms with van der Waals surface area (Å²) in [6.07, 6.45) is -1.60. The van der Waals surface area contributed by atoms with Gasteiger partial charge in [0.15, 0.2) is 0 Å². The SMILES string of the molecule is O=C(CC1CC2(CCN(Cc3ccccn3)CC2)c2ccccc21)NCC1CC1.O=C(O)C(F)(F)F.O=C(O)C(F)(F)F. The molecule has 236 valence electrons. The Morgan fingerprint density at radius 2 is 1.47 bits per heavy atom. The molecular formula is C29H33F6N3O5. The van der Waals surface area contributed by atoms with E-state index in [1.165, 1.54) is 36.8 Å². The third-order valence-electron chi connectivity index (χ3n) is 7.74. The van der Waals surface area contributed by atoms with Crippen molar-refractivity contribution in [3.63, 3.8) is 0 Å². The Hall–Kier alpha value is -3.68. The van der Waals surface area contributed by atoms with Gasteiger partial charge in [0.2, 0.25) is 5.91 Å². The molecule has 1 aromatic heterocycles. The predicted octanol–water partition coefficient (Wildman–Crippen LogP) is 5.29. The number of hydrogen-bond acceptors (Lipinski definition) is 5. The van der Waals surface area contributed by atoms with Crippen LogP contribution >= 0.6 is 0 Å². The third kappa shape index (κ3) is 10.2. The van der Waals surface area contributed by atoms with Gasteiger partial charge in [0, 0.05) is 25.7 Å². The second-order valence-corrected chi connectivity index (χ2v) is 10.9. The number of aromatic nitrogens is 1. The summed E-state index contributed by atoms with van der Waals surface area (Å²) in [4.78, 5) is 37.4. The van der Waals surface area contributed by atoms with Crippen LogP contribution < -0.4 is 5.32 Å². The molecule has 43 heavy (non-hydrogen) atoms. The van der Waals surface area contributed by atoms with Crippen molar-refractivity contribution < 1.29 is 50.9 Å². The molecule has 1 aliphatic heterocycles. The molecule has 1 unspecified atom stereocenters. The standard InChI is InChI=1S/C25H31N3O.2C2HF3O2/c29-24(27-17-19-8-9-19)15-20-16-25(23-7-2-1-6-22(20)23)10-13-28(14-11-25)18-21-5-3-4-12-26-21;2*3-2(4,5)1(6)7/h1-7,12,19-20H,8-11,13-18H2,(H,27,29);2*(H,6,7). The summed E-state index contributed by atoms with van der Waals surface area (Å²) in [5.74, 6) is -4.17. The molecule has 1 amide bonds. The van der Waals surface area contributed by atoms with Gasteiger partial charge in [0.05, 0.1) is 5.69 Å². The van der Waals surface area contributed by atoms with Gasteiger partial charge < -0.3 is 15.5 Å². The highest BCUT2D eigenvalue weighted by molar-refractivity contribution is 5.77. The first-order valence-corrected chi connectivity index (χ1v) is 13.7. The molecule has 5 rings (SSSR count). The number of nitrogens with zero attached hydrogens (tertiary/aromatic N) is 2. The number of benzene rings is 1. The molecule has 2 fully saturated rings. The molecule has 1 atom stereocenters. The van der Waals surface area contributed by atoms with E-state index in [0.29, 0.717) is 12.3 Å². The second-order valence-electron chi connectivity index (χ2n) is 10.9. The Morgan fingerprint density at radius 3 is 1.98 bits per heavy atom. The van der Waals surface area contributed by atoms with Gasteiger partial charge in [-0.1, -0.05) is 30.3 Å². The van der Waals surface area contributed by atoms with Gasteiger partial charge in [-0.15, -0.1) is 0 Å². The number of fused-ring (bicyclic) bond motifs is 2. The van der Waals surface area contributed by atoms with Crippen LogP contribution in [0.5, 0.6) is 0 Å². The van der Waals surface area contributed by atoms with Crippen LogP contribution in [-0.2, 0) is 26.3 Å². The van der Waals surface area contributed by atoms with E-state index in [1.54, 1.807) is 0 Å². The Kier molecular flexibility index (Phi) is 11.2. The quantitative estimate of drug-likeness (QED) is 0.377. The molecule has 3 N–H and O–H groups in total. The zero-order valence-corrected chi connectivity index (χ0v) is 23.1. The van der Waals surface area contributed by atoms with Gasteiger partial charge in [0.25, 0.3) is 0 Å². The first-order chi connectivity index (χ1) is 20.1. The molecule has 1 aromatic carbocycles. The van der Waals surface area contributed by atoms with Crippen LogP contribution in [0.4, 0.5) is 26.3 Å². The summed E-state index contributed by atoms with van der Waals surface area (Å²) in [6, 6.07) is 15.1. The number of aliphatic carboxylic acids is 2. The van der Waals surface area contributed by atoms with Crippen LogP contribution in [0.2, 0.25) is 0 Å². The predicted molar refractivity (Wildman–Crippen MR) is 142 cm³/mol. The van der Waals surface area contributed by atoms with E-state index in [0.717, 1.165) is 44.2 Å². The van der Waals surface area contributed by atoms with Crippen molar-refractivity contribution in [2.24, 2.45) is 5.92 Å². The topological polar surface area (TPSA) is 120 Å². The molecule has 1 spiro atoms. The van der Waals surface area contributed by atoms with Crippen LogP contribution in [0.3, 0.4) is 0 Å². The Balaban J connectivity index is 0.000000303. The van der Waals surface area contributed by atoms with Gasteiger partial charge in [-0.3, -0.25) is 14.7 Å². The molecular weight excluding hydrogens is 584 g/mol. The molecule has 14 heteroatoms. The normalized spacial score (nSPS) is 19.3. The lowest BCUT2D eigenvalue weighted by Crippen LogP contribution is -2.41. The molecule has 8 nitrogen and oxygen atoms in total. The lowest BCUT2D eigenvalue weighted by Gasteiger charge is -2.40. The zero-order chi connectivity index (χ0) is 31.8. The number of hydrogen-bond donors (Lipinski definition) is 3. The average Bonchev–Trinajstić information content (AvgIpc) is 3.73. The number of piperidine rings is 1. The first kappa shape index (κ1) is 33.8. The molecule has 2 aromatic rings. The van der Waals surface area contributed by atoms with E-state index in [4.69, 9.17) is 19.8 Å². The van der Waals surface area contributed by atoms with E-state index in [2.05, 4.69) is 51.6 Å². The van der Waals surface area contributed by atoms with E-state index in [1.807, 2.05) is 12.3 Å². The Morgan fingerprint density at radius 1 is 0.907 bits per heavy atom. The number of nitrogens with one attached hydrogen (secondary N) is 1. The molecule has 1 saturated heterocycles. The molecule has 2 aliphatic carbocycles. The third-order valence-corrected chi connectivity index (χ3v) is 7.74. The molecule has 1 saturated carbocycles. The first-order valence-electron chi connectivity index (χ1n) is 13.7. The van der Waals surface area contributed by atoms with Gasteiger partial charge in [-0.05, 0) is 85.7 Å². The Labute approximate surface area is 244 Å². The number of carboxylic acids is 2. The smallest absolute Gasteiger partial charge is 0.475 e. The van der Waals surface area contributed by atoms with E-state index < -0.39 is 24.3 Å². The number of carbonyl (C=O) groups is 3. The van der Waals surface area contributed by atoms with Crippen molar-refractivity contribution in [3.05, 3.63) is 65.5 Å². The van der Waals surface area contributed by atoms with Crippen molar-refractivity contribution in [1.29, 1.82) is 0 Å². The van der Waals surface area contributed by atoms with Crippen LogP contribution in [0.25, 0.3) is 0 Å². The van der Waals surface area contributed by atoms with Crippen LogP contribution in [0.15, 0.2) is 48.7 Å². The van der Waals surface area contributed by atoms with Crippen molar-refractivity contribution in [3.8, 4) is 0 Å². The number of amides is 1. The summed E-state index contributed by atoms with van der Waals surface area (Å²) < 4.78 is 63.5. The van der Waals surface area contributed by atoms with Crippen LogP contribution in [0, 0.1) is 5.92 Å². The largest absolute Gasteiger partial charge is 0.490 e. The average molecular weight is 618 g/mol. The van der Waals surface area contributed by atoms with E-state index >= 15 is 0 Å². The molecule has 3 aliphatic rings. The minimum absolute atomic E-state index is 0.237. The minimum atomic E-state index is -5.08. The fraction of sp³-hybridized carbons (Fsp3) is 0.517.